The predicted octanol–water partition coefficient (Wildman–Crippen LogP) is 6.74. The normalized spacial score (nSPS) is 11.2. The van der Waals surface area contributed by atoms with Crippen molar-refractivity contribution in [2.24, 2.45) is 0 Å². The van der Waals surface area contributed by atoms with Crippen molar-refractivity contribution in [3.8, 4) is 17.0 Å². The topological polar surface area (TPSA) is 62.7 Å². The summed E-state index contributed by atoms with van der Waals surface area (Å²) in [5.41, 5.74) is 3.69. The SMILES string of the molecule is CC(C)c1ccc(-c2csc(N(CCC(=O)O)Cc3ccc(OC(F)(F)F)cc3)n2)cc1.Cl. The van der Waals surface area contributed by atoms with Gasteiger partial charge in [-0.05, 0) is 29.2 Å². The molecule has 0 radical (unpaired) electrons. The smallest absolute Gasteiger partial charge is 0.481 e. The Hall–Kier alpha value is -2.78. The van der Waals surface area contributed by atoms with Crippen LogP contribution in [0.4, 0.5) is 18.3 Å². The quantitative estimate of drug-likeness (QED) is 0.352. The van der Waals surface area contributed by atoms with Gasteiger partial charge in [0, 0.05) is 24.0 Å². The zero-order valence-corrected chi connectivity index (χ0v) is 19.6. The Labute approximate surface area is 200 Å². The number of anilines is 1. The van der Waals surface area contributed by atoms with Gasteiger partial charge in [-0.1, -0.05) is 50.2 Å². The molecule has 0 unspecified atom stereocenters. The first-order valence-corrected chi connectivity index (χ1v) is 10.9. The molecule has 2 aromatic carbocycles. The van der Waals surface area contributed by atoms with Crippen LogP contribution in [0.1, 0.15) is 37.3 Å². The Balaban J connectivity index is 0.00000385. The van der Waals surface area contributed by atoms with Gasteiger partial charge in [0.15, 0.2) is 5.13 Å². The van der Waals surface area contributed by atoms with E-state index in [2.05, 4.69) is 35.7 Å². The number of hydrogen-bond donors (Lipinski definition) is 1. The minimum Gasteiger partial charge on any atom is -0.481 e. The number of hydrogen-bond acceptors (Lipinski definition) is 5. The Kier molecular flexibility index (Phi) is 9.13. The molecule has 1 N–H and O–H groups in total. The van der Waals surface area contributed by atoms with Crippen molar-refractivity contribution in [1.29, 1.82) is 0 Å². The number of carbonyl (C=O) groups is 1. The first-order chi connectivity index (χ1) is 15.1. The molecule has 0 aliphatic carbocycles. The number of thiazole rings is 1. The van der Waals surface area contributed by atoms with Crippen molar-refractivity contribution in [1.82, 2.24) is 4.98 Å². The first kappa shape index (κ1) is 26.5. The number of rotatable bonds is 9. The standard InChI is InChI=1S/C23H23F3N2O3S.ClH/c1-15(2)17-5-7-18(8-6-17)20-14-32-22(27-20)28(12-11-21(29)30)13-16-3-9-19(10-4-16)31-23(24,25)26;/h3-10,14-15H,11-13H2,1-2H3,(H,29,30);1H. The second kappa shape index (κ2) is 11.4. The minimum atomic E-state index is -4.75. The van der Waals surface area contributed by atoms with E-state index in [-0.39, 0.29) is 31.1 Å². The van der Waals surface area contributed by atoms with E-state index in [9.17, 15) is 18.0 Å². The summed E-state index contributed by atoms with van der Waals surface area (Å²) in [5.74, 6) is -0.820. The number of aromatic nitrogens is 1. The van der Waals surface area contributed by atoms with Crippen LogP contribution in [0.2, 0.25) is 0 Å². The second-order valence-corrected chi connectivity index (χ2v) is 8.39. The molecule has 0 amide bonds. The predicted molar refractivity (Wildman–Crippen MR) is 125 cm³/mol. The van der Waals surface area contributed by atoms with Crippen LogP contribution in [0.3, 0.4) is 0 Å². The van der Waals surface area contributed by atoms with E-state index in [0.29, 0.717) is 23.2 Å². The maximum atomic E-state index is 12.4. The summed E-state index contributed by atoms with van der Waals surface area (Å²) in [6.45, 7) is 4.77. The zero-order chi connectivity index (χ0) is 23.3. The van der Waals surface area contributed by atoms with E-state index in [1.165, 1.54) is 41.2 Å². The molecule has 0 spiro atoms. The van der Waals surface area contributed by atoms with Gasteiger partial charge < -0.3 is 14.7 Å². The molecule has 33 heavy (non-hydrogen) atoms. The largest absolute Gasteiger partial charge is 0.573 e. The third-order valence-electron chi connectivity index (χ3n) is 4.76. The fourth-order valence-corrected chi connectivity index (χ4v) is 3.93. The van der Waals surface area contributed by atoms with Crippen LogP contribution in [0, 0.1) is 0 Å². The fraction of sp³-hybridized carbons (Fsp3) is 0.304. The van der Waals surface area contributed by atoms with Gasteiger partial charge in [-0.25, -0.2) is 4.98 Å². The summed E-state index contributed by atoms with van der Waals surface area (Å²) in [6.07, 6.45) is -4.84. The molecule has 0 saturated heterocycles. The maximum Gasteiger partial charge on any atom is 0.573 e. The summed E-state index contributed by atoms with van der Waals surface area (Å²) < 4.78 is 41.0. The first-order valence-electron chi connectivity index (χ1n) is 9.98. The lowest BCUT2D eigenvalue weighted by molar-refractivity contribution is -0.274. The van der Waals surface area contributed by atoms with Crippen LogP contribution in [0.15, 0.2) is 53.9 Å². The summed E-state index contributed by atoms with van der Waals surface area (Å²) in [7, 11) is 0. The summed E-state index contributed by atoms with van der Waals surface area (Å²) in [5, 5.41) is 11.7. The van der Waals surface area contributed by atoms with Crippen LogP contribution >= 0.6 is 23.7 Å². The number of carboxylic acid groups (broad SMARTS) is 1. The molecule has 178 valence electrons. The number of nitrogens with zero attached hydrogens (tertiary/aromatic N) is 2. The molecule has 0 atom stereocenters. The van der Waals surface area contributed by atoms with Gasteiger partial charge in [-0.15, -0.1) is 36.9 Å². The van der Waals surface area contributed by atoms with E-state index in [1.54, 1.807) is 0 Å². The van der Waals surface area contributed by atoms with Crippen molar-refractivity contribution in [2.45, 2.75) is 39.1 Å². The van der Waals surface area contributed by atoms with Crippen molar-refractivity contribution in [3.05, 3.63) is 65.0 Å². The molecule has 0 aliphatic heterocycles. The Bertz CT molecular complexity index is 1040. The van der Waals surface area contributed by atoms with Crippen LogP contribution in [0.5, 0.6) is 5.75 Å². The van der Waals surface area contributed by atoms with Crippen LogP contribution in [0.25, 0.3) is 11.3 Å². The van der Waals surface area contributed by atoms with Crippen LogP contribution in [-0.4, -0.2) is 29.0 Å². The van der Waals surface area contributed by atoms with E-state index in [1.807, 2.05) is 22.4 Å². The number of alkyl halides is 3. The summed E-state index contributed by atoms with van der Waals surface area (Å²) in [6, 6.07) is 13.7. The highest BCUT2D eigenvalue weighted by Gasteiger charge is 2.31. The molecule has 10 heteroatoms. The lowest BCUT2D eigenvalue weighted by Crippen LogP contribution is -2.25. The van der Waals surface area contributed by atoms with Crippen molar-refractivity contribution in [2.75, 3.05) is 11.4 Å². The van der Waals surface area contributed by atoms with E-state index in [0.717, 1.165) is 11.3 Å². The van der Waals surface area contributed by atoms with Gasteiger partial charge in [-0.3, -0.25) is 4.79 Å². The lowest BCUT2D eigenvalue weighted by Gasteiger charge is -2.21. The molecule has 0 aliphatic rings. The molecule has 3 aromatic rings. The van der Waals surface area contributed by atoms with Crippen molar-refractivity contribution in [3.63, 3.8) is 0 Å². The molecule has 0 fully saturated rings. The molecule has 0 bridgehead atoms. The number of halogens is 4. The van der Waals surface area contributed by atoms with E-state index in [4.69, 9.17) is 5.11 Å². The van der Waals surface area contributed by atoms with Gasteiger partial charge in [0.2, 0.25) is 0 Å². The molecule has 1 heterocycles. The Morgan fingerprint density at radius 2 is 1.76 bits per heavy atom. The van der Waals surface area contributed by atoms with Crippen LogP contribution < -0.4 is 9.64 Å². The van der Waals surface area contributed by atoms with Gasteiger partial charge >= 0.3 is 12.3 Å². The fourth-order valence-electron chi connectivity index (χ4n) is 3.07. The molecule has 5 nitrogen and oxygen atoms in total. The third kappa shape index (κ3) is 7.94. The van der Waals surface area contributed by atoms with Gasteiger partial charge in [0.05, 0.1) is 12.1 Å². The summed E-state index contributed by atoms with van der Waals surface area (Å²) >= 11 is 1.39. The van der Waals surface area contributed by atoms with E-state index < -0.39 is 12.3 Å². The van der Waals surface area contributed by atoms with Crippen molar-refractivity contribution >= 4 is 34.8 Å². The molecular weight excluding hydrogens is 477 g/mol. The second-order valence-electron chi connectivity index (χ2n) is 7.55. The monoisotopic (exact) mass is 500 g/mol. The number of benzene rings is 2. The summed E-state index contributed by atoms with van der Waals surface area (Å²) in [4.78, 5) is 17.6. The average Bonchev–Trinajstić information content (AvgIpc) is 3.21. The van der Waals surface area contributed by atoms with Crippen LogP contribution in [-0.2, 0) is 11.3 Å². The highest BCUT2D eigenvalue weighted by atomic mass is 35.5. The Morgan fingerprint density at radius 3 is 2.30 bits per heavy atom. The maximum absolute atomic E-state index is 12.4. The third-order valence-corrected chi connectivity index (χ3v) is 5.66. The molecule has 3 rings (SSSR count). The minimum absolute atomic E-state index is 0. The molecular formula is C23H24ClF3N2O3S. The van der Waals surface area contributed by atoms with E-state index >= 15 is 0 Å². The number of ether oxygens (including phenoxy) is 1. The van der Waals surface area contributed by atoms with Crippen molar-refractivity contribution < 1.29 is 27.8 Å². The Morgan fingerprint density at radius 1 is 1.12 bits per heavy atom. The highest BCUT2D eigenvalue weighted by Crippen LogP contribution is 2.30. The average molecular weight is 501 g/mol. The van der Waals surface area contributed by atoms with Gasteiger partial charge in [0.1, 0.15) is 5.75 Å². The number of aliphatic carboxylic acids is 1. The zero-order valence-electron chi connectivity index (χ0n) is 18.0. The molecule has 0 saturated carbocycles. The van der Waals surface area contributed by atoms with Gasteiger partial charge in [0.25, 0.3) is 0 Å². The number of carboxylic acids is 1. The highest BCUT2D eigenvalue weighted by molar-refractivity contribution is 7.14. The molecule has 1 aromatic heterocycles. The lowest BCUT2D eigenvalue weighted by atomic mass is 10.0. The van der Waals surface area contributed by atoms with Gasteiger partial charge in [-0.2, -0.15) is 0 Å².